The normalized spacial score (nSPS) is 12.8. The molecule has 0 spiro atoms. The van der Waals surface area contributed by atoms with Crippen LogP contribution in [0.5, 0.6) is 0 Å². The molecule has 0 fully saturated rings. The molecular weight excluding hydrogens is 196 g/mol. The van der Waals surface area contributed by atoms with Crippen LogP contribution in [-0.2, 0) is 0 Å². The van der Waals surface area contributed by atoms with Gasteiger partial charge in [0.1, 0.15) is 0 Å². The van der Waals surface area contributed by atoms with Crippen LogP contribution < -0.4 is 5.32 Å². The van der Waals surface area contributed by atoms with Gasteiger partial charge in [0.25, 0.3) is 0 Å². The first kappa shape index (κ1) is 13.0. The lowest BCUT2D eigenvalue weighted by Crippen LogP contribution is -2.25. The van der Waals surface area contributed by atoms with E-state index >= 15 is 0 Å². The minimum Gasteiger partial charge on any atom is -0.382 e. The van der Waals surface area contributed by atoms with Crippen molar-refractivity contribution in [3.8, 4) is 0 Å². The predicted molar refractivity (Wildman–Crippen MR) is 71.9 cm³/mol. The Kier molecular flexibility index (Phi) is 5.94. The minimum absolute atomic E-state index is 0.592. The Morgan fingerprint density at radius 1 is 1.12 bits per heavy atom. The van der Waals surface area contributed by atoms with E-state index in [1.54, 1.807) is 0 Å². The Bertz CT molecular complexity index is 269. The van der Waals surface area contributed by atoms with Gasteiger partial charge in [0.2, 0.25) is 0 Å². The average Bonchev–Trinajstić information content (AvgIpc) is 2.27. The SMILES string of the molecule is CCCC(CCN(C)C)Nc1ccccc1. The molecule has 2 nitrogen and oxygen atoms in total. The summed E-state index contributed by atoms with van der Waals surface area (Å²) < 4.78 is 0. The third kappa shape index (κ3) is 5.17. The molecule has 0 heterocycles. The fraction of sp³-hybridized carbons (Fsp3) is 0.571. The summed E-state index contributed by atoms with van der Waals surface area (Å²) in [6.07, 6.45) is 3.68. The lowest BCUT2D eigenvalue weighted by Gasteiger charge is -2.21. The van der Waals surface area contributed by atoms with E-state index < -0.39 is 0 Å². The highest BCUT2D eigenvalue weighted by molar-refractivity contribution is 5.43. The summed E-state index contributed by atoms with van der Waals surface area (Å²) in [6, 6.07) is 11.1. The highest BCUT2D eigenvalue weighted by Crippen LogP contribution is 2.12. The molecule has 1 aromatic carbocycles. The fourth-order valence-corrected chi connectivity index (χ4v) is 1.82. The van der Waals surface area contributed by atoms with E-state index in [0.29, 0.717) is 6.04 Å². The number of nitrogens with zero attached hydrogens (tertiary/aromatic N) is 1. The number of anilines is 1. The van der Waals surface area contributed by atoms with Crippen LogP contribution in [0, 0.1) is 0 Å². The van der Waals surface area contributed by atoms with Crippen molar-refractivity contribution in [1.29, 1.82) is 0 Å². The summed E-state index contributed by atoms with van der Waals surface area (Å²) in [5, 5.41) is 3.61. The van der Waals surface area contributed by atoms with Gasteiger partial charge in [0.05, 0.1) is 0 Å². The van der Waals surface area contributed by atoms with Gasteiger partial charge in [-0.1, -0.05) is 31.5 Å². The topological polar surface area (TPSA) is 15.3 Å². The Labute approximate surface area is 99.7 Å². The number of benzene rings is 1. The highest BCUT2D eigenvalue weighted by Gasteiger charge is 2.07. The standard InChI is InChI=1S/C14H24N2/c1-4-8-13(11-12-16(2)3)15-14-9-6-5-7-10-14/h5-7,9-10,13,15H,4,8,11-12H2,1-3H3. The second-order valence-electron chi connectivity index (χ2n) is 4.59. The van der Waals surface area contributed by atoms with Crippen LogP contribution in [0.25, 0.3) is 0 Å². The summed E-state index contributed by atoms with van der Waals surface area (Å²) in [5.74, 6) is 0. The van der Waals surface area contributed by atoms with Crippen LogP contribution in [0.2, 0.25) is 0 Å². The maximum absolute atomic E-state index is 3.61. The van der Waals surface area contributed by atoms with Gasteiger partial charge in [0, 0.05) is 11.7 Å². The number of rotatable bonds is 7. The number of hydrogen-bond donors (Lipinski definition) is 1. The Balaban J connectivity index is 2.44. The molecule has 1 unspecified atom stereocenters. The van der Waals surface area contributed by atoms with E-state index in [-0.39, 0.29) is 0 Å². The molecule has 1 N–H and O–H groups in total. The molecule has 1 rings (SSSR count). The number of para-hydroxylation sites is 1. The van der Waals surface area contributed by atoms with Crippen molar-refractivity contribution in [2.75, 3.05) is 26.0 Å². The van der Waals surface area contributed by atoms with Crippen molar-refractivity contribution in [2.24, 2.45) is 0 Å². The van der Waals surface area contributed by atoms with Gasteiger partial charge in [-0.15, -0.1) is 0 Å². The highest BCUT2D eigenvalue weighted by atomic mass is 15.1. The van der Waals surface area contributed by atoms with Gasteiger partial charge in [-0.2, -0.15) is 0 Å². The van der Waals surface area contributed by atoms with Gasteiger partial charge < -0.3 is 10.2 Å². The zero-order valence-electron chi connectivity index (χ0n) is 10.7. The van der Waals surface area contributed by atoms with Gasteiger partial charge in [-0.3, -0.25) is 0 Å². The largest absolute Gasteiger partial charge is 0.382 e. The first-order valence-electron chi connectivity index (χ1n) is 6.18. The van der Waals surface area contributed by atoms with Crippen LogP contribution in [0.3, 0.4) is 0 Å². The molecule has 0 radical (unpaired) electrons. The number of nitrogens with one attached hydrogen (secondary N) is 1. The fourth-order valence-electron chi connectivity index (χ4n) is 1.82. The molecule has 0 amide bonds. The molecule has 0 aliphatic rings. The first-order valence-corrected chi connectivity index (χ1v) is 6.18. The van der Waals surface area contributed by atoms with E-state index in [2.05, 4.69) is 61.6 Å². The molecule has 0 aromatic heterocycles. The van der Waals surface area contributed by atoms with E-state index in [1.165, 1.54) is 24.9 Å². The molecule has 0 aliphatic heterocycles. The summed E-state index contributed by atoms with van der Waals surface area (Å²) in [5.41, 5.74) is 1.24. The molecule has 2 heteroatoms. The van der Waals surface area contributed by atoms with Crippen LogP contribution in [0.1, 0.15) is 26.2 Å². The van der Waals surface area contributed by atoms with E-state index in [9.17, 15) is 0 Å². The van der Waals surface area contributed by atoms with Crippen molar-refractivity contribution in [3.05, 3.63) is 30.3 Å². The van der Waals surface area contributed by atoms with Gasteiger partial charge in [-0.25, -0.2) is 0 Å². The van der Waals surface area contributed by atoms with Crippen LogP contribution in [0.15, 0.2) is 30.3 Å². The lowest BCUT2D eigenvalue weighted by molar-refractivity contribution is 0.380. The molecule has 0 bridgehead atoms. The maximum atomic E-state index is 3.61. The second kappa shape index (κ2) is 7.29. The van der Waals surface area contributed by atoms with Gasteiger partial charge in [0.15, 0.2) is 0 Å². The smallest absolute Gasteiger partial charge is 0.0342 e. The molecule has 0 saturated carbocycles. The molecule has 90 valence electrons. The summed E-state index contributed by atoms with van der Waals surface area (Å²) in [4.78, 5) is 2.25. The average molecular weight is 220 g/mol. The van der Waals surface area contributed by atoms with Crippen molar-refractivity contribution in [3.63, 3.8) is 0 Å². The summed E-state index contributed by atoms with van der Waals surface area (Å²) >= 11 is 0. The van der Waals surface area contributed by atoms with Crippen molar-refractivity contribution in [1.82, 2.24) is 4.90 Å². The molecule has 1 aromatic rings. The Morgan fingerprint density at radius 2 is 1.81 bits per heavy atom. The Morgan fingerprint density at radius 3 is 2.38 bits per heavy atom. The summed E-state index contributed by atoms with van der Waals surface area (Å²) in [7, 11) is 4.26. The first-order chi connectivity index (χ1) is 7.72. The zero-order valence-corrected chi connectivity index (χ0v) is 10.7. The quantitative estimate of drug-likeness (QED) is 0.759. The van der Waals surface area contributed by atoms with Crippen molar-refractivity contribution in [2.45, 2.75) is 32.2 Å². The van der Waals surface area contributed by atoms with E-state index in [1.807, 2.05) is 0 Å². The minimum atomic E-state index is 0.592. The molecule has 16 heavy (non-hydrogen) atoms. The van der Waals surface area contributed by atoms with E-state index in [4.69, 9.17) is 0 Å². The van der Waals surface area contributed by atoms with Gasteiger partial charge in [-0.05, 0) is 45.6 Å². The van der Waals surface area contributed by atoms with Crippen molar-refractivity contribution < 1.29 is 0 Å². The molecule has 1 atom stereocenters. The van der Waals surface area contributed by atoms with E-state index in [0.717, 1.165) is 6.54 Å². The van der Waals surface area contributed by atoms with Crippen LogP contribution in [-0.4, -0.2) is 31.6 Å². The number of hydrogen-bond acceptors (Lipinski definition) is 2. The third-order valence-electron chi connectivity index (χ3n) is 2.71. The Hall–Kier alpha value is -1.02. The third-order valence-corrected chi connectivity index (χ3v) is 2.71. The molecule has 0 aliphatic carbocycles. The summed E-state index contributed by atoms with van der Waals surface area (Å²) in [6.45, 7) is 3.39. The lowest BCUT2D eigenvalue weighted by atomic mass is 10.1. The molecule has 0 saturated heterocycles. The van der Waals surface area contributed by atoms with Gasteiger partial charge >= 0.3 is 0 Å². The van der Waals surface area contributed by atoms with Crippen LogP contribution >= 0.6 is 0 Å². The predicted octanol–water partition coefficient (Wildman–Crippen LogP) is 3.22. The zero-order chi connectivity index (χ0) is 11.8. The van der Waals surface area contributed by atoms with Crippen LogP contribution in [0.4, 0.5) is 5.69 Å². The second-order valence-corrected chi connectivity index (χ2v) is 4.59. The van der Waals surface area contributed by atoms with Crippen molar-refractivity contribution >= 4 is 5.69 Å². The monoisotopic (exact) mass is 220 g/mol. The molecular formula is C14H24N2. The maximum Gasteiger partial charge on any atom is 0.0342 e.